The molecule has 1 fully saturated rings. The number of nitrogens with zero attached hydrogens (tertiary/aromatic N) is 1. The zero-order chi connectivity index (χ0) is 20.8. The molecule has 150 valence electrons. The molecule has 8 heteroatoms. The molecular formula is C21H21N3O4S. The minimum absolute atomic E-state index is 0.206. The molecular weight excluding hydrogens is 390 g/mol. The van der Waals surface area contributed by atoms with Crippen LogP contribution < -0.4 is 10.0 Å². The highest BCUT2D eigenvalue weighted by Crippen LogP contribution is 2.31. The Labute approximate surface area is 169 Å². The van der Waals surface area contributed by atoms with Crippen molar-refractivity contribution in [3.63, 3.8) is 0 Å². The summed E-state index contributed by atoms with van der Waals surface area (Å²) in [5.41, 5.74) is 2.86. The summed E-state index contributed by atoms with van der Waals surface area (Å²) in [7, 11) is -3.75. The fourth-order valence-electron chi connectivity index (χ4n) is 3.79. The normalized spacial score (nSPS) is 19.1. The summed E-state index contributed by atoms with van der Waals surface area (Å²) >= 11 is 0. The van der Waals surface area contributed by atoms with Crippen molar-refractivity contribution >= 4 is 27.5 Å². The van der Waals surface area contributed by atoms with Crippen molar-refractivity contribution in [3.05, 3.63) is 71.4 Å². The number of hydrogen-bond donors (Lipinski definition) is 2. The molecule has 2 N–H and O–H groups in total. The van der Waals surface area contributed by atoms with Crippen LogP contribution >= 0.6 is 0 Å². The molecule has 1 saturated heterocycles. The number of amides is 2. The Morgan fingerprint density at radius 1 is 1.17 bits per heavy atom. The van der Waals surface area contributed by atoms with Gasteiger partial charge in [0, 0.05) is 23.5 Å². The molecule has 2 aromatic rings. The lowest BCUT2D eigenvalue weighted by Gasteiger charge is -2.30. The maximum absolute atomic E-state index is 12.8. The lowest BCUT2D eigenvalue weighted by atomic mass is 10.0. The Kier molecular flexibility index (Phi) is 4.66. The number of rotatable bonds is 4. The zero-order valence-electron chi connectivity index (χ0n) is 15.9. The smallest absolute Gasteiger partial charge is 0.262 e. The molecule has 2 heterocycles. The van der Waals surface area contributed by atoms with Crippen LogP contribution in [0.5, 0.6) is 0 Å². The van der Waals surface area contributed by atoms with Gasteiger partial charge in [0.1, 0.15) is 6.04 Å². The van der Waals surface area contributed by atoms with Crippen molar-refractivity contribution in [2.45, 2.75) is 37.2 Å². The summed E-state index contributed by atoms with van der Waals surface area (Å²) in [5, 5.41) is 2.70. The van der Waals surface area contributed by atoms with Gasteiger partial charge in [0.15, 0.2) is 0 Å². The standard InChI is InChI=1S/C21H21N3O4S/c1-13-5-3-4-6-19(13)29(27,28)23-16-8-9-17-15(11-16)12-24(21(17)26)18-10-7-14(2)22-20(18)25/h3-6,8-9,11,18,23H,2,7,10,12H2,1H3,(H,22,25). The average molecular weight is 411 g/mol. The third kappa shape index (κ3) is 3.51. The molecule has 1 atom stereocenters. The molecule has 1 unspecified atom stereocenters. The third-order valence-corrected chi connectivity index (χ3v) is 6.81. The van der Waals surface area contributed by atoms with Crippen LogP contribution in [-0.2, 0) is 21.4 Å². The Hall–Kier alpha value is -3.13. The molecule has 0 aliphatic carbocycles. The number of carbonyl (C=O) groups is 2. The molecule has 0 bridgehead atoms. The number of aryl methyl sites for hydroxylation is 1. The van der Waals surface area contributed by atoms with Gasteiger partial charge in [-0.15, -0.1) is 0 Å². The predicted molar refractivity (Wildman–Crippen MR) is 109 cm³/mol. The van der Waals surface area contributed by atoms with Gasteiger partial charge in [-0.2, -0.15) is 0 Å². The molecule has 0 aromatic heterocycles. The van der Waals surface area contributed by atoms with Crippen molar-refractivity contribution in [1.29, 1.82) is 0 Å². The fraction of sp³-hybridized carbons (Fsp3) is 0.238. The minimum Gasteiger partial charge on any atom is -0.329 e. The zero-order valence-corrected chi connectivity index (χ0v) is 16.8. The Bertz CT molecular complexity index is 1140. The molecule has 2 aliphatic rings. The van der Waals surface area contributed by atoms with Gasteiger partial charge in [0.05, 0.1) is 4.90 Å². The summed E-state index contributed by atoms with van der Waals surface area (Å²) in [6.45, 7) is 5.76. The molecule has 0 radical (unpaired) electrons. The van der Waals surface area contributed by atoms with Gasteiger partial charge in [-0.05, 0) is 55.2 Å². The van der Waals surface area contributed by atoms with Crippen LogP contribution in [0.4, 0.5) is 5.69 Å². The Morgan fingerprint density at radius 3 is 2.66 bits per heavy atom. The first-order valence-corrected chi connectivity index (χ1v) is 10.8. The van der Waals surface area contributed by atoms with Crippen molar-refractivity contribution < 1.29 is 18.0 Å². The molecule has 29 heavy (non-hydrogen) atoms. The molecule has 4 rings (SSSR count). The van der Waals surface area contributed by atoms with Gasteiger partial charge in [0.25, 0.3) is 15.9 Å². The first-order valence-electron chi connectivity index (χ1n) is 9.27. The number of anilines is 1. The summed E-state index contributed by atoms with van der Waals surface area (Å²) in [4.78, 5) is 26.8. The van der Waals surface area contributed by atoms with E-state index in [0.717, 1.165) is 0 Å². The second kappa shape index (κ2) is 7.04. The number of allylic oxidation sites excluding steroid dienone is 1. The van der Waals surface area contributed by atoms with E-state index in [9.17, 15) is 18.0 Å². The quantitative estimate of drug-likeness (QED) is 0.808. The van der Waals surface area contributed by atoms with Crippen molar-refractivity contribution in [1.82, 2.24) is 10.2 Å². The van der Waals surface area contributed by atoms with E-state index in [1.807, 2.05) is 0 Å². The van der Waals surface area contributed by atoms with Crippen molar-refractivity contribution in [2.75, 3.05) is 4.72 Å². The van der Waals surface area contributed by atoms with Gasteiger partial charge in [-0.25, -0.2) is 8.42 Å². The fourth-order valence-corrected chi connectivity index (χ4v) is 5.08. The maximum Gasteiger partial charge on any atom is 0.262 e. The number of benzene rings is 2. The molecule has 2 amide bonds. The van der Waals surface area contributed by atoms with Crippen LogP contribution in [-0.4, -0.2) is 31.2 Å². The van der Waals surface area contributed by atoms with Gasteiger partial charge < -0.3 is 10.2 Å². The van der Waals surface area contributed by atoms with E-state index in [0.29, 0.717) is 40.9 Å². The second-order valence-corrected chi connectivity index (χ2v) is 8.97. The van der Waals surface area contributed by atoms with Crippen LogP contribution in [0.25, 0.3) is 0 Å². The van der Waals surface area contributed by atoms with E-state index >= 15 is 0 Å². The van der Waals surface area contributed by atoms with Gasteiger partial charge in [-0.3, -0.25) is 14.3 Å². The number of carbonyl (C=O) groups excluding carboxylic acids is 2. The van der Waals surface area contributed by atoms with Gasteiger partial charge in [0.2, 0.25) is 5.91 Å². The summed E-state index contributed by atoms with van der Waals surface area (Å²) < 4.78 is 28.0. The van der Waals surface area contributed by atoms with Crippen molar-refractivity contribution in [3.8, 4) is 0 Å². The molecule has 2 aliphatic heterocycles. The maximum atomic E-state index is 12.8. The highest BCUT2D eigenvalue weighted by molar-refractivity contribution is 7.92. The van der Waals surface area contributed by atoms with Crippen molar-refractivity contribution in [2.24, 2.45) is 0 Å². The highest BCUT2D eigenvalue weighted by Gasteiger charge is 2.38. The number of hydrogen-bond acceptors (Lipinski definition) is 4. The second-order valence-electron chi connectivity index (χ2n) is 7.32. The summed E-state index contributed by atoms with van der Waals surface area (Å²) in [6, 6.07) is 11.0. The predicted octanol–water partition coefficient (Wildman–Crippen LogP) is 2.54. The molecule has 0 saturated carbocycles. The summed E-state index contributed by atoms with van der Waals surface area (Å²) in [5.74, 6) is -0.455. The minimum atomic E-state index is -3.75. The number of nitrogens with one attached hydrogen (secondary N) is 2. The summed E-state index contributed by atoms with van der Waals surface area (Å²) in [6.07, 6.45) is 1.15. The van der Waals surface area contributed by atoms with Gasteiger partial charge >= 0.3 is 0 Å². The molecule has 7 nitrogen and oxygen atoms in total. The Morgan fingerprint density at radius 2 is 1.93 bits per heavy atom. The third-order valence-electron chi connectivity index (χ3n) is 5.27. The largest absolute Gasteiger partial charge is 0.329 e. The van der Waals surface area contributed by atoms with Gasteiger partial charge in [-0.1, -0.05) is 24.8 Å². The lowest BCUT2D eigenvalue weighted by molar-refractivity contribution is -0.126. The van der Waals surface area contributed by atoms with E-state index < -0.39 is 16.1 Å². The van der Waals surface area contributed by atoms with E-state index in [-0.39, 0.29) is 23.3 Å². The molecule has 0 spiro atoms. The first-order chi connectivity index (χ1) is 13.8. The van der Waals surface area contributed by atoms with Crippen LogP contribution in [0.3, 0.4) is 0 Å². The Balaban J connectivity index is 1.57. The highest BCUT2D eigenvalue weighted by atomic mass is 32.2. The first kappa shape index (κ1) is 19.2. The van der Waals surface area contributed by atoms with Crippen LogP contribution in [0, 0.1) is 6.92 Å². The van der Waals surface area contributed by atoms with E-state index in [1.54, 1.807) is 49.4 Å². The van der Waals surface area contributed by atoms with Crippen LogP contribution in [0.2, 0.25) is 0 Å². The average Bonchev–Trinajstić information content (AvgIpc) is 2.97. The number of fused-ring (bicyclic) bond motifs is 1. The number of piperidine rings is 1. The van der Waals surface area contributed by atoms with E-state index in [4.69, 9.17) is 0 Å². The van der Waals surface area contributed by atoms with Crippen LogP contribution in [0.1, 0.15) is 34.3 Å². The topological polar surface area (TPSA) is 95.6 Å². The van der Waals surface area contributed by atoms with E-state index in [2.05, 4.69) is 16.6 Å². The lowest BCUT2D eigenvalue weighted by Crippen LogP contribution is -2.49. The van der Waals surface area contributed by atoms with Crippen LogP contribution in [0.15, 0.2) is 59.6 Å². The van der Waals surface area contributed by atoms with E-state index in [1.165, 1.54) is 4.90 Å². The SMILES string of the molecule is C=C1CCC(N2Cc3cc(NS(=O)(=O)c4ccccc4C)ccc3C2=O)C(=O)N1. The number of sulfonamides is 1. The monoisotopic (exact) mass is 411 g/mol. The molecule has 2 aromatic carbocycles.